The van der Waals surface area contributed by atoms with Crippen LogP contribution in [0.4, 0.5) is 21.9 Å². The lowest BCUT2D eigenvalue weighted by atomic mass is 10.1. The van der Waals surface area contributed by atoms with Crippen molar-refractivity contribution in [3.63, 3.8) is 0 Å². The van der Waals surface area contributed by atoms with E-state index in [1.807, 2.05) is 12.1 Å². The molecule has 0 aliphatic carbocycles. The zero-order valence-electron chi connectivity index (χ0n) is 16.7. The molecule has 1 aliphatic rings. The highest BCUT2D eigenvalue weighted by Crippen LogP contribution is 2.34. The Morgan fingerprint density at radius 1 is 1.23 bits per heavy atom. The van der Waals surface area contributed by atoms with Gasteiger partial charge in [0.1, 0.15) is 11.0 Å². The van der Waals surface area contributed by atoms with Crippen LogP contribution in [0, 0.1) is 10.1 Å². The molecule has 0 saturated carbocycles. The molecule has 2 N–H and O–H groups in total. The summed E-state index contributed by atoms with van der Waals surface area (Å²) in [6, 6.07) is 10.4. The molecule has 3 rings (SSSR count). The molecule has 3 amide bonds. The van der Waals surface area contributed by atoms with Gasteiger partial charge in [-0.25, -0.2) is 4.90 Å². The van der Waals surface area contributed by atoms with Crippen molar-refractivity contribution in [2.24, 2.45) is 0 Å². The fourth-order valence-electron chi connectivity index (χ4n) is 3.12. The molecular formula is C21H21N3O6S. The molecule has 0 spiro atoms. The van der Waals surface area contributed by atoms with Crippen LogP contribution in [0.15, 0.2) is 42.5 Å². The molecule has 1 unspecified atom stereocenters. The molecule has 1 saturated heterocycles. The summed E-state index contributed by atoms with van der Waals surface area (Å²) in [5.41, 5.74) is 1.12. The van der Waals surface area contributed by atoms with Gasteiger partial charge in [-0.2, -0.15) is 0 Å². The number of nitrogens with one attached hydrogen (secondary N) is 1. The maximum atomic E-state index is 12.7. The van der Waals surface area contributed by atoms with Gasteiger partial charge in [-0.05, 0) is 48.4 Å². The van der Waals surface area contributed by atoms with Gasteiger partial charge in [0.05, 0.1) is 16.3 Å². The quantitative estimate of drug-likeness (QED) is 0.354. The minimum Gasteiger partial charge on any atom is -0.506 e. The summed E-state index contributed by atoms with van der Waals surface area (Å²) in [6.45, 7) is 2.10. The highest BCUT2D eigenvalue weighted by atomic mass is 32.2. The molecular weight excluding hydrogens is 422 g/mol. The fraction of sp³-hybridized carbons (Fsp3) is 0.286. The molecule has 1 atom stereocenters. The number of carbonyl (C=O) groups is 3. The number of amides is 3. The Hall–Kier alpha value is -3.40. The molecule has 162 valence electrons. The number of hydrogen-bond donors (Lipinski definition) is 2. The van der Waals surface area contributed by atoms with E-state index in [9.17, 15) is 29.6 Å². The van der Waals surface area contributed by atoms with Crippen molar-refractivity contribution in [3.8, 4) is 5.75 Å². The lowest BCUT2D eigenvalue weighted by Crippen LogP contribution is -2.33. The van der Waals surface area contributed by atoms with Crippen LogP contribution in [-0.2, 0) is 16.0 Å². The number of unbranched alkanes of at least 4 members (excludes halogenated alkanes) is 1. The summed E-state index contributed by atoms with van der Waals surface area (Å²) in [5, 5.41) is 21.7. The molecule has 0 bridgehead atoms. The second kappa shape index (κ2) is 9.61. The minimum atomic E-state index is -0.923. The van der Waals surface area contributed by atoms with Crippen LogP contribution in [0.5, 0.6) is 5.75 Å². The van der Waals surface area contributed by atoms with Gasteiger partial charge in [-0.1, -0.05) is 25.5 Å². The van der Waals surface area contributed by atoms with E-state index < -0.39 is 27.2 Å². The third-order valence-corrected chi connectivity index (χ3v) is 5.81. The second-order valence-corrected chi connectivity index (χ2v) is 8.18. The van der Waals surface area contributed by atoms with Crippen molar-refractivity contribution >= 4 is 45.9 Å². The Kier molecular flexibility index (Phi) is 6.91. The monoisotopic (exact) mass is 443 g/mol. The second-order valence-electron chi connectivity index (χ2n) is 7.03. The standard InChI is InChI=1S/C21H21N3O6S/c1-2-3-4-13-5-7-14(8-6-13)23-20(27)18(31-21(23)28)12-19(26)22-16-11-15(24(29)30)9-10-17(16)25/h5-11,18,25H,2-4,12H2,1H3,(H,22,26). The molecule has 2 aromatic carbocycles. The van der Waals surface area contributed by atoms with E-state index in [4.69, 9.17) is 0 Å². The molecule has 1 aliphatic heterocycles. The van der Waals surface area contributed by atoms with Crippen LogP contribution < -0.4 is 10.2 Å². The van der Waals surface area contributed by atoms with Crippen molar-refractivity contribution < 1.29 is 24.4 Å². The number of imide groups is 1. The van der Waals surface area contributed by atoms with E-state index >= 15 is 0 Å². The van der Waals surface area contributed by atoms with Crippen LogP contribution in [0.3, 0.4) is 0 Å². The first-order valence-corrected chi connectivity index (χ1v) is 10.6. The lowest BCUT2D eigenvalue weighted by molar-refractivity contribution is -0.384. The zero-order valence-corrected chi connectivity index (χ0v) is 17.6. The van der Waals surface area contributed by atoms with Gasteiger partial charge in [0.25, 0.3) is 10.9 Å². The van der Waals surface area contributed by atoms with Crippen LogP contribution in [0.1, 0.15) is 31.7 Å². The summed E-state index contributed by atoms with van der Waals surface area (Å²) < 4.78 is 0. The van der Waals surface area contributed by atoms with Crippen molar-refractivity contribution in [2.75, 3.05) is 10.2 Å². The molecule has 31 heavy (non-hydrogen) atoms. The molecule has 1 fully saturated rings. The van der Waals surface area contributed by atoms with Crippen LogP contribution in [0.25, 0.3) is 0 Å². The maximum Gasteiger partial charge on any atom is 0.293 e. The smallest absolute Gasteiger partial charge is 0.293 e. The number of thioether (sulfide) groups is 1. The SMILES string of the molecule is CCCCc1ccc(N2C(=O)SC(CC(=O)Nc3cc([N+](=O)[O-])ccc3O)C2=O)cc1. The lowest BCUT2D eigenvalue weighted by Gasteiger charge is -2.14. The molecule has 2 aromatic rings. The van der Waals surface area contributed by atoms with Crippen molar-refractivity contribution in [1.29, 1.82) is 0 Å². The Labute approximate surface area is 182 Å². The van der Waals surface area contributed by atoms with E-state index in [1.165, 1.54) is 0 Å². The van der Waals surface area contributed by atoms with Crippen LogP contribution in [-0.4, -0.2) is 32.3 Å². The van der Waals surface area contributed by atoms with Gasteiger partial charge in [-0.15, -0.1) is 0 Å². The largest absolute Gasteiger partial charge is 0.506 e. The van der Waals surface area contributed by atoms with Crippen molar-refractivity contribution in [1.82, 2.24) is 0 Å². The number of nitrogens with zero attached hydrogens (tertiary/aromatic N) is 2. The number of benzene rings is 2. The fourth-order valence-corrected chi connectivity index (χ4v) is 4.11. The van der Waals surface area contributed by atoms with Gasteiger partial charge >= 0.3 is 0 Å². The topological polar surface area (TPSA) is 130 Å². The number of aromatic hydroxyl groups is 1. The van der Waals surface area contributed by atoms with Gasteiger partial charge in [0.15, 0.2) is 0 Å². The number of hydrogen-bond acceptors (Lipinski definition) is 7. The van der Waals surface area contributed by atoms with E-state index in [-0.39, 0.29) is 23.5 Å². The molecule has 9 nitrogen and oxygen atoms in total. The number of phenolic OH excluding ortho intramolecular Hbond substituents is 1. The van der Waals surface area contributed by atoms with E-state index in [0.29, 0.717) is 5.69 Å². The Morgan fingerprint density at radius 3 is 2.58 bits per heavy atom. The number of aryl methyl sites for hydroxylation is 1. The molecule has 1 heterocycles. The number of rotatable bonds is 8. The predicted molar refractivity (Wildman–Crippen MR) is 117 cm³/mol. The normalized spacial score (nSPS) is 15.9. The summed E-state index contributed by atoms with van der Waals surface area (Å²) >= 11 is 0.752. The van der Waals surface area contributed by atoms with E-state index in [0.717, 1.165) is 59.7 Å². The third-order valence-electron chi connectivity index (χ3n) is 4.77. The zero-order chi connectivity index (χ0) is 22.5. The summed E-state index contributed by atoms with van der Waals surface area (Å²) in [7, 11) is 0. The summed E-state index contributed by atoms with van der Waals surface area (Å²) in [5.74, 6) is -1.49. The number of anilines is 2. The average Bonchev–Trinajstić information content (AvgIpc) is 3.01. The first-order valence-electron chi connectivity index (χ1n) is 9.71. The Morgan fingerprint density at radius 2 is 1.94 bits per heavy atom. The Balaban J connectivity index is 1.66. The van der Waals surface area contributed by atoms with E-state index in [2.05, 4.69) is 12.2 Å². The van der Waals surface area contributed by atoms with Gasteiger partial charge in [0, 0.05) is 18.6 Å². The highest BCUT2D eigenvalue weighted by molar-refractivity contribution is 8.15. The number of phenols is 1. The first kappa shape index (κ1) is 22.3. The van der Waals surface area contributed by atoms with Crippen LogP contribution in [0.2, 0.25) is 0 Å². The van der Waals surface area contributed by atoms with Gasteiger partial charge in [-0.3, -0.25) is 24.5 Å². The predicted octanol–water partition coefficient (Wildman–Crippen LogP) is 4.24. The minimum absolute atomic E-state index is 0.138. The first-order chi connectivity index (χ1) is 14.8. The molecule has 0 aromatic heterocycles. The van der Waals surface area contributed by atoms with Crippen LogP contribution >= 0.6 is 11.8 Å². The maximum absolute atomic E-state index is 12.7. The van der Waals surface area contributed by atoms with Crippen molar-refractivity contribution in [2.45, 2.75) is 37.9 Å². The number of non-ortho nitro benzene ring substituents is 1. The van der Waals surface area contributed by atoms with Gasteiger partial charge < -0.3 is 10.4 Å². The summed E-state index contributed by atoms with van der Waals surface area (Å²) in [4.78, 5) is 48.7. The van der Waals surface area contributed by atoms with Crippen molar-refractivity contribution in [3.05, 3.63) is 58.1 Å². The molecule has 10 heteroatoms. The Bertz CT molecular complexity index is 1020. The average molecular weight is 443 g/mol. The number of carbonyl (C=O) groups excluding carboxylic acids is 3. The molecule has 0 radical (unpaired) electrons. The van der Waals surface area contributed by atoms with E-state index in [1.54, 1.807) is 12.1 Å². The number of nitro groups is 1. The summed E-state index contributed by atoms with van der Waals surface area (Å²) in [6.07, 6.45) is 2.72. The number of nitro benzene ring substituents is 1. The third kappa shape index (κ3) is 5.21. The highest BCUT2D eigenvalue weighted by Gasteiger charge is 2.41. The van der Waals surface area contributed by atoms with Gasteiger partial charge in [0.2, 0.25) is 11.8 Å².